The molecule has 0 unspecified atom stereocenters. The van der Waals surface area contributed by atoms with E-state index in [0.717, 1.165) is 25.1 Å². The number of rotatable bonds is 2. The Morgan fingerprint density at radius 3 is 3.00 bits per heavy atom. The zero-order chi connectivity index (χ0) is 9.97. The fraction of sp³-hybridized carbons (Fsp3) is 0.455. The van der Waals surface area contributed by atoms with E-state index in [-0.39, 0.29) is 5.82 Å². The largest absolute Gasteiger partial charge is 0.496 e. The van der Waals surface area contributed by atoms with Crippen LogP contribution in [0.4, 0.5) is 4.39 Å². The molecule has 2 rings (SSSR count). The molecule has 0 spiro atoms. The van der Waals surface area contributed by atoms with Gasteiger partial charge in [0.25, 0.3) is 0 Å². The SMILES string of the molecule is COc1cc(F)ccc1[C@@H]1CCNC1. The van der Waals surface area contributed by atoms with E-state index in [9.17, 15) is 4.39 Å². The van der Waals surface area contributed by atoms with Gasteiger partial charge in [-0.3, -0.25) is 0 Å². The summed E-state index contributed by atoms with van der Waals surface area (Å²) in [6.45, 7) is 1.99. The zero-order valence-electron chi connectivity index (χ0n) is 8.22. The number of hydrogen-bond acceptors (Lipinski definition) is 2. The van der Waals surface area contributed by atoms with E-state index < -0.39 is 0 Å². The number of methoxy groups -OCH3 is 1. The molecule has 0 bridgehead atoms. The van der Waals surface area contributed by atoms with Crippen molar-refractivity contribution >= 4 is 0 Å². The zero-order valence-corrected chi connectivity index (χ0v) is 8.22. The molecule has 1 heterocycles. The second-order valence-corrected chi connectivity index (χ2v) is 3.58. The first-order valence-electron chi connectivity index (χ1n) is 4.85. The van der Waals surface area contributed by atoms with E-state index in [1.54, 1.807) is 7.11 Å². The lowest BCUT2D eigenvalue weighted by Gasteiger charge is -2.13. The first-order valence-corrected chi connectivity index (χ1v) is 4.85. The van der Waals surface area contributed by atoms with Gasteiger partial charge in [-0.25, -0.2) is 4.39 Å². The molecule has 1 aliphatic heterocycles. The minimum absolute atomic E-state index is 0.239. The molecular formula is C11H14FNO. The molecule has 1 saturated heterocycles. The number of benzene rings is 1. The van der Waals surface area contributed by atoms with Gasteiger partial charge in [0.15, 0.2) is 0 Å². The van der Waals surface area contributed by atoms with Crippen LogP contribution in [0.3, 0.4) is 0 Å². The highest BCUT2D eigenvalue weighted by atomic mass is 19.1. The highest BCUT2D eigenvalue weighted by molar-refractivity contribution is 5.37. The average molecular weight is 195 g/mol. The van der Waals surface area contributed by atoms with Gasteiger partial charge in [-0.15, -0.1) is 0 Å². The lowest BCUT2D eigenvalue weighted by atomic mass is 9.97. The maximum atomic E-state index is 12.9. The van der Waals surface area contributed by atoms with Crippen molar-refractivity contribution in [3.05, 3.63) is 29.6 Å². The highest BCUT2D eigenvalue weighted by Gasteiger charge is 2.20. The van der Waals surface area contributed by atoms with Crippen molar-refractivity contribution in [1.29, 1.82) is 0 Å². The molecule has 1 aromatic rings. The van der Waals surface area contributed by atoms with E-state index >= 15 is 0 Å². The summed E-state index contributed by atoms with van der Waals surface area (Å²) in [6, 6.07) is 4.77. The van der Waals surface area contributed by atoms with Crippen molar-refractivity contribution < 1.29 is 9.13 Å². The minimum Gasteiger partial charge on any atom is -0.496 e. The van der Waals surface area contributed by atoms with E-state index in [0.29, 0.717) is 11.7 Å². The molecule has 1 aromatic carbocycles. The standard InChI is InChI=1S/C11H14FNO/c1-14-11-6-9(12)2-3-10(11)8-4-5-13-7-8/h2-3,6,8,13H,4-5,7H2,1H3/t8-/m1/s1. The molecule has 76 valence electrons. The van der Waals surface area contributed by atoms with Crippen LogP contribution in [0.5, 0.6) is 5.75 Å². The van der Waals surface area contributed by atoms with Crippen LogP contribution in [0.2, 0.25) is 0 Å². The molecular weight excluding hydrogens is 181 g/mol. The van der Waals surface area contributed by atoms with Crippen LogP contribution < -0.4 is 10.1 Å². The van der Waals surface area contributed by atoms with Crippen molar-refractivity contribution in [3.8, 4) is 5.75 Å². The van der Waals surface area contributed by atoms with E-state index in [1.165, 1.54) is 12.1 Å². The van der Waals surface area contributed by atoms with Crippen LogP contribution in [0, 0.1) is 5.82 Å². The molecule has 1 N–H and O–H groups in total. The Kier molecular flexibility index (Phi) is 2.68. The third-order valence-corrected chi connectivity index (χ3v) is 2.70. The van der Waals surface area contributed by atoms with Crippen molar-refractivity contribution in [2.24, 2.45) is 0 Å². The summed E-state index contributed by atoms with van der Waals surface area (Å²) >= 11 is 0. The van der Waals surface area contributed by atoms with E-state index in [4.69, 9.17) is 4.74 Å². The molecule has 0 aliphatic carbocycles. The van der Waals surface area contributed by atoms with Crippen LogP contribution in [-0.2, 0) is 0 Å². The first-order chi connectivity index (χ1) is 6.81. The molecule has 0 saturated carbocycles. The lowest BCUT2D eigenvalue weighted by Crippen LogP contribution is -2.08. The summed E-state index contributed by atoms with van der Waals surface area (Å²) in [5.41, 5.74) is 1.11. The Bertz CT molecular complexity index is 321. The Labute approximate surface area is 83.1 Å². The summed E-state index contributed by atoms with van der Waals surface area (Å²) < 4.78 is 18.1. The summed E-state index contributed by atoms with van der Waals surface area (Å²) in [6.07, 6.45) is 1.10. The fourth-order valence-electron chi connectivity index (χ4n) is 1.94. The molecule has 0 radical (unpaired) electrons. The molecule has 0 aromatic heterocycles. The predicted molar refractivity (Wildman–Crippen MR) is 53.2 cm³/mol. The van der Waals surface area contributed by atoms with Gasteiger partial charge in [0.05, 0.1) is 7.11 Å². The predicted octanol–water partition coefficient (Wildman–Crippen LogP) is 1.91. The van der Waals surface area contributed by atoms with Crippen molar-refractivity contribution in [1.82, 2.24) is 5.32 Å². The van der Waals surface area contributed by atoms with Gasteiger partial charge in [0, 0.05) is 18.5 Å². The fourth-order valence-corrected chi connectivity index (χ4v) is 1.94. The van der Waals surface area contributed by atoms with E-state index in [1.807, 2.05) is 6.07 Å². The third-order valence-electron chi connectivity index (χ3n) is 2.70. The van der Waals surface area contributed by atoms with Gasteiger partial charge in [-0.2, -0.15) is 0 Å². The quantitative estimate of drug-likeness (QED) is 0.778. The lowest BCUT2D eigenvalue weighted by molar-refractivity contribution is 0.403. The first kappa shape index (κ1) is 9.46. The molecule has 1 fully saturated rings. The molecule has 1 aliphatic rings. The topological polar surface area (TPSA) is 21.3 Å². The monoisotopic (exact) mass is 195 g/mol. The number of ether oxygens (including phenoxy) is 1. The summed E-state index contributed by atoms with van der Waals surface area (Å²) in [5, 5.41) is 3.29. The van der Waals surface area contributed by atoms with Crippen LogP contribution >= 0.6 is 0 Å². The Balaban J connectivity index is 2.31. The maximum absolute atomic E-state index is 12.9. The Morgan fingerprint density at radius 1 is 1.50 bits per heavy atom. The van der Waals surface area contributed by atoms with E-state index in [2.05, 4.69) is 5.32 Å². The third kappa shape index (κ3) is 1.73. The molecule has 0 amide bonds. The van der Waals surface area contributed by atoms with Gasteiger partial charge < -0.3 is 10.1 Å². The van der Waals surface area contributed by atoms with Crippen molar-refractivity contribution in [2.75, 3.05) is 20.2 Å². The second-order valence-electron chi connectivity index (χ2n) is 3.58. The van der Waals surface area contributed by atoms with Crippen molar-refractivity contribution in [2.45, 2.75) is 12.3 Å². The van der Waals surface area contributed by atoms with Gasteiger partial charge >= 0.3 is 0 Å². The van der Waals surface area contributed by atoms with Crippen LogP contribution in [0.1, 0.15) is 17.9 Å². The number of hydrogen-bond donors (Lipinski definition) is 1. The van der Waals surface area contributed by atoms with Crippen LogP contribution in [-0.4, -0.2) is 20.2 Å². The summed E-state index contributed by atoms with van der Waals surface area (Å²) in [5.74, 6) is 0.890. The molecule has 3 heteroatoms. The molecule has 1 atom stereocenters. The Morgan fingerprint density at radius 2 is 2.36 bits per heavy atom. The normalized spacial score (nSPS) is 21.1. The van der Waals surface area contributed by atoms with Crippen molar-refractivity contribution in [3.63, 3.8) is 0 Å². The minimum atomic E-state index is -0.239. The molecule has 2 nitrogen and oxygen atoms in total. The Hall–Kier alpha value is -1.09. The van der Waals surface area contributed by atoms with Crippen LogP contribution in [0.15, 0.2) is 18.2 Å². The highest BCUT2D eigenvalue weighted by Crippen LogP contribution is 2.30. The van der Waals surface area contributed by atoms with Gasteiger partial charge in [-0.05, 0) is 24.6 Å². The summed E-state index contributed by atoms with van der Waals surface area (Å²) in [4.78, 5) is 0. The average Bonchev–Trinajstić information content (AvgIpc) is 2.70. The number of halogens is 1. The maximum Gasteiger partial charge on any atom is 0.126 e. The van der Waals surface area contributed by atoms with Gasteiger partial charge in [-0.1, -0.05) is 6.07 Å². The van der Waals surface area contributed by atoms with Gasteiger partial charge in [0.1, 0.15) is 11.6 Å². The molecule has 14 heavy (non-hydrogen) atoms. The number of nitrogens with one attached hydrogen (secondary N) is 1. The van der Waals surface area contributed by atoms with Crippen LogP contribution in [0.25, 0.3) is 0 Å². The smallest absolute Gasteiger partial charge is 0.126 e. The summed E-state index contributed by atoms with van der Waals surface area (Å²) in [7, 11) is 1.58. The van der Waals surface area contributed by atoms with Gasteiger partial charge in [0.2, 0.25) is 0 Å². The second kappa shape index (κ2) is 3.96.